The first-order valence-electron chi connectivity index (χ1n) is 8.28. The Balaban J connectivity index is 1.66. The molecule has 2 aromatic carbocycles. The molecule has 0 saturated carbocycles. The lowest BCUT2D eigenvalue weighted by Gasteiger charge is -2.22. The molecule has 0 bridgehead atoms. The van der Waals surface area contributed by atoms with Crippen molar-refractivity contribution in [1.82, 2.24) is 10.1 Å². The van der Waals surface area contributed by atoms with Crippen LogP contribution < -0.4 is 4.90 Å². The lowest BCUT2D eigenvalue weighted by Crippen LogP contribution is -2.35. The first-order valence-corrected chi connectivity index (χ1v) is 8.65. The Bertz CT molecular complexity index is 992. The molecule has 0 radical (unpaired) electrons. The second-order valence-electron chi connectivity index (χ2n) is 6.51. The molecular weight excluding hydrogens is 373 g/mol. The molecule has 1 saturated heterocycles. The van der Waals surface area contributed by atoms with E-state index in [0.717, 1.165) is 0 Å². The summed E-state index contributed by atoms with van der Waals surface area (Å²) in [5, 5.41) is 14.5. The normalized spacial score (nSPS) is 19.7. The summed E-state index contributed by atoms with van der Waals surface area (Å²) in [4.78, 5) is 18.4. The van der Waals surface area contributed by atoms with Gasteiger partial charge in [0.15, 0.2) is 0 Å². The molecule has 4 rings (SSSR count). The number of halogens is 2. The highest BCUT2D eigenvalue weighted by Gasteiger charge is 2.49. The summed E-state index contributed by atoms with van der Waals surface area (Å²) in [6.45, 7) is -0.150. The van der Waals surface area contributed by atoms with Gasteiger partial charge in [0.05, 0.1) is 12.0 Å². The number of amides is 1. The van der Waals surface area contributed by atoms with Crippen LogP contribution in [0.3, 0.4) is 0 Å². The largest absolute Gasteiger partial charge is 0.395 e. The van der Waals surface area contributed by atoms with Gasteiger partial charge in [0.1, 0.15) is 5.82 Å². The van der Waals surface area contributed by atoms with Crippen molar-refractivity contribution in [1.29, 1.82) is 0 Å². The van der Waals surface area contributed by atoms with Crippen LogP contribution in [0, 0.1) is 5.82 Å². The Kier molecular flexibility index (Phi) is 4.41. The predicted molar refractivity (Wildman–Crippen MR) is 96.9 cm³/mol. The second kappa shape index (κ2) is 6.75. The van der Waals surface area contributed by atoms with Crippen LogP contribution in [-0.2, 0) is 10.2 Å². The highest BCUT2D eigenvalue weighted by atomic mass is 35.5. The van der Waals surface area contributed by atoms with Crippen LogP contribution in [-0.4, -0.2) is 34.3 Å². The average Bonchev–Trinajstić information content (AvgIpc) is 3.28. The molecule has 1 amide bonds. The summed E-state index contributed by atoms with van der Waals surface area (Å²) in [5.41, 5.74) is 0.108. The number of benzene rings is 2. The van der Waals surface area contributed by atoms with Gasteiger partial charge < -0.3 is 14.5 Å². The SMILES string of the molecule is O=C1CC(CO)(c2nc(-c3cccc(F)c3)no2)CN1c1ccc(Cl)cc1. The zero-order chi connectivity index (χ0) is 19.0. The standard InChI is InChI=1S/C19H15ClFN3O3/c20-13-4-6-15(7-5-13)24-10-19(11-25,9-16(24)26)18-22-17(23-27-18)12-2-1-3-14(21)8-12/h1-8,25H,9-11H2. The Morgan fingerprint density at radius 1 is 1.26 bits per heavy atom. The smallest absolute Gasteiger partial charge is 0.237 e. The van der Waals surface area contributed by atoms with Gasteiger partial charge in [-0.3, -0.25) is 4.79 Å². The number of rotatable bonds is 4. The first-order chi connectivity index (χ1) is 13.0. The molecule has 8 heteroatoms. The fraction of sp³-hybridized carbons (Fsp3) is 0.211. The van der Waals surface area contributed by atoms with E-state index in [1.54, 1.807) is 41.3 Å². The van der Waals surface area contributed by atoms with Gasteiger partial charge >= 0.3 is 0 Å². The summed E-state index contributed by atoms with van der Waals surface area (Å²) in [6.07, 6.45) is 0.0247. The number of aliphatic hydroxyl groups excluding tert-OH is 1. The molecule has 1 aromatic heterocycles. The van der Waals surface area contributed by atoms with E-state index in [9.17, 15) is 14.3 Å². The van der Waals surface area contributed by atoms with Crippen LogP contribution in [0.2, 0.25) is 5.02 Å². The highest BCUT2D eigenvalue weighted by molar-refractivity contribution is 6.30. The minimum atomic E-state index is -1.02. The molecule has 1 N–H and O–H groups in total. The fourth-order valence-corrected chi connectivity index (χ4v) is 3.31. The third kappa shape index (κ3) is 3.20. The number of aliphatic hydroxyl groups is 1. The van der Waals surface area contributed by atoms with Crippen LogP contribution in [0.5, 0.6) is 0 Å². The quantitative estimate of drug-likeness (QED) is 0.743. The maximum absolute atomic E-state index is 13.4. The lowest BCUT2D eigenvalue weighted by atomic mass is 9.88. The molecule has 138 valence electrons. The van der Waals surface area contributed by atoms with Crippen molar-refractivity contribution in [2.75, 3.05) is 18.1 Å². The molecule has 2 heterocycles. The molecule has 1 aliphatic rings. The van der Waals surface area contributed by atoms with Crippen molar-refractivity contribution < 1.29 is 18.8 Å². The van der Waals surface area contributed by atoms with Crippen molar-refractivity contribution >= 4 is 23.2 Å². The molecule has 0 spiro atoms. The van der Waals surface area contributed by atoms with Gasteiger partial charge in [0.2, 0.25) is 17.6 Å². The highest BCUT2D eigenvalue weighted by Crippen LogP contribution is 2.37. The van der Waals surface area contributed by atoms with Crippen molar-refractivity contribution in [3.05, 3.63) is 65.3 Å². The zero-order valence-corrected chi connectivity index (χ0v) is 14.9. The average molecular weight is 388 g/mol. The van der Waals surface area contributed by atoms with E-state index in [0.29, 0.717) is 16.3 Å². The van der Waals surface area contributed by atoms with Gasteiger partial charge in [-0.2, -0.15) is 4.98 Å². The van der Waals surface area contributed by atoms with E-state index in [-0.39, 0.29) is 37.2 Å². The Morgan fingerprint density at radius 3 is 2.74 bits per heavy atom. The number of carbonyl (C=O) groups is 1. The lowest BCUT2D eigenvalue weighted by molar-refractivity contribution is -0.117. The third-order valence-electron chi connectivity index (χ3n) is 4.65. The van der Waals surface area contributed by atoms with E-state index in [2.05, 4.69) is 10.1 Å². The second-order valence-corrected chi connectivity index (χ2v) is 6.94. The molecule has 1 aliphatic heterocycles. The van der Waals surface area contributed by atoms with Crippen molar-refractivity contribution in [3.63, 3.8) is 0 Å². The van der Waals surface area contributed by atoms with E-state index in [1.807, 2.05) is 0 Å². The summed E-state index contributed by atoms with van der Waals surface area (Å²) in [6, 6.07) is 12.7. The summed E-state index contributed by atoms with van der Waals surface area (Å²) >= 11 is 5.90. The molecule has 6 nitrogen and oxygen atoms in total. The molecule has 3 aromatic rings. The maximum Gasteiger partial charge on any atom is 0.237 e. The van der Waals surface area contributed by atoms with E-state index >= 15 is 0 Å². The summed E-state index contributed by atoms with van der Waals surface area (Å²) in [5.74, 6) is -0.235. The van der Waals surface area contributed by atoms with Crippen LogP contribution in [0.1, 0.15) is 12.3 Å². The summed E-state index contributed by atoms with van der Waals surface area (Å²) in [7, 11) is 0. The van der Waals surface area contributed by atoms with Gasteiger partial charge in [0.25, 0.3) is 0 Å². The van der Waals surface area contributed by atoms with Gasteiger partial charge in [-0.25, -0.2) is 4.39 Å². The van der Waals surface area contributed by atoms with Crippen LogP contribution in [0.25, 0.3) is 11.4 Å². The number of carbonyl (C=O) groups excluding carboxylic acids is 1. The van der Waals surface area contributed by atoms with Crippen molar-refractivity contribution in [2.45, 2.75) is 11.8 Å². The van der Waals surface area contributed by atoms with Gasteiger partial charge in [-0.15, -0.1) is 0 Å². The molecular formula is C19H15ClFN3O3. The van der Waals surface area contributed by atoms with Gasteiger partial charge in [-0.05, 0) is 36.4 Å². The number of hydrogen-bond acceptors (Lipinski definition) is 5. The molecule has 0 aliphatic carbocycles. The third-order valence-corrected chi connectivity index (χ3v) is 4.91. The van der Waals surface area contributed by atoms with Crippen LogP contribution in [0.4, 0.5) is 10.1 Å². The number of aromatic nitrogens is 2. The minimum Gasteiger partial charge on any atom is -0.395 e. The maximum atomic E-state index is 13.4. The Labute approximate surface area is 159 Å². The van der Waals surface area contributed by atoms with Crippen molar-refractivity contribution in [3.8, 4) is 11.4 Å². The molecule has 1 unspecified atom stereocenters. The fourth-order valence-electron chi connectivity index (χ4n) is 3.19. The predicted octanol–water partition coefficient (Wildman–Crippen LogP) is 3.20. The van der Waals surface area contributed by atoms with E-state index < -0.39 is 11.2 Å². The topological polar surface area (TPSA) is 79.5 Å². The van der Waals surface area contributed by atoms with Crippen molar-refractivity contribution in [2.24, 2.45) is 0 Å². The Hall–Kier alpha value is -2.77. The first kappa shape index (κ1) is 17.6. The van der Waals surface area contributed by atoms with E-state index in [1.165, 1.54) is 12.1 Å². The minimum absolute atomic E-state index is 0.0247. The zero-order valence-electron chi connectivity index (χ0n) is 14.1. The van der Waals surface area contributed by atoms with Crippen LogP contribution >= 0.6 is 11.6 Å². The number of anilines is 1. The van der Waals surface area contributed by atoms with E-state index in [4.69, 9.17) is 16.1 Å². The molecule has 1 atom stereocenters. The van der Waals surface area contributed by atoms with Gasteiger partial charge in [-0.1, -0.05) is 28.9 Å². The summed E-state index contributed by atoms with van der Waals surface area (Å²) < 4.78 is 18.8. The van der Waals surface area contributed by atoms with Gasteiger partial charge in [0, 0.05) is 29.2 Å². The monoisotopic (exact) mass is 387 g/mol. The number of hydrogen-bond donors (Lipinski definition) is 1. The molecule has 27 heavy (non-hydrogen) atoms. The Morgan fingerprint density at radius 2 is 2.04 bits per heavy atom. The number of nitrogens with zero attached hydrogens (tertiary/aromatic N) is 3. The van der Waals surface area contributed by atoms with Crippen LogP contribution in [0.15, 0.2) is 53.1 Å². The molecule has 1 fully saturated rings.